The fourth-order valence-corrected chi connectivity index (χ4v) is 3.39. The Hall–Kier alpha value is -2.75. The molecule has 1 amide bonds. The van der Waals surface area contributed by atoms with E-state index < -0.39 is 5.91 Å². The van der Waals surface area contributed by atoms with Crippen LogP contribution in [0.2, 0.25) is 0 Å². The predicted octanol–water partition coefficient (Wildman–Crippen LogP) is 5.04. The first-order valence-electron chi connectivity index (χ1n) is 7.81. The van der Waals surface area contributed by atoms with Crippen LogP contribution in [0, 0.1) is 11.3 Å². The number of nitrogens with zero attached hydrogens (tertiary/aromatic N) is 2. The molecule has 1 heterocycles. The summed E-state index contributed by atoms with van der Waals surface area (Å²) in [5.74, 6) is -0.458. The van der Waals surface area contributed by atoms with Crippen molar-refractivity contribution in [3.8, 4) is 6.07 Å². The van der Waals surface area contributed by atoms with Crippen LogP contribution in [0.1, 0.15) is 16.0 Å². The van der Waals surface area contributed by atoms with Crippen LogP contribution >= 0.6 is 27.3 Å². The van der Waals surface area contributed by atoms with Crippen molar-refractivity contribution in [2.75, 3.05) is 5.32 Å². The number of benzene rings is 2. The molecule has 0 aliphatic rings. The molecule has 0 radical (unpaired) electrons. The van der Waals surface area contributed by atoms with Gasteiger partial charge in [-0.25, -0.2) is 4.98 Å². The predicted molar refractivity (Wildman–Crippen MR) is 108 cm³/mol. The molecule has 1 N–H and O–H groups in total. The fraction of sp³-hybridized carbons (Fsp3) is 0.0500. The molecular weight excluding hydrogens is 410 g/mol. The van der Waals surface area contributed by atoms with Gasteiger partial charge in [0, 0.05) is 22.0 Å². The number of hydrogen-bond donors (Lipinski definition) is 1. The van der Waals surface area contributed by atoms with Crippen LogP contribution in [-0.2, 0) is 11.2 Å². The van der Waals surface area contributed by atoms with E-state index >= 15 is 0 Å². The smallest absolute Gasteiger partial charge is 0.268 e. The van der Waals surface area contributed by atoms with Gasteiger partial charge >= 0.3 is 0 Å². The van der Waals surface area contributed by atoms with Crippen LogP contribution in [0.3, 0.4) is 0 Å². The summed E-state index contributed by atoms with van der Waals surface area (Å²) in [5, 5.41) is 12.4. The number of thiazole rings is 1. The van der Waals surface area contributed by atoms with E-state index in [2.05, 4.69) is 26.2 Å². The van der Waals surface area contributed by atoms with Gasteiger partial charge in [-0.3, -0.25) is 10.1 Å². The molecular formula is C20H14BrN3OS. The minimum Gasteiger partial charge on any atom is -0.297 e. The van der Waals surface area contributed by atoms with Crippen LogP contribution in [0.5, 0.6) is 0 Å². The van der Waals surface area contributed by atoms with Crippen LogP contribution in [0.15, 0.2) is 70.8 Å². The van der Waals surface area contributed by atoms with Crippen molar-refractivity contribution in [1.29, 1.82) is 5.26 Å². The first-order valence-corrected chi connectivity index (χ1v) is 9.42. The summed E-state index contributed by atoms with van der Waals surface area (Å²) in [6, 6.07) is 19.3. The van der Waals surface area contributed by atoms with E-state index in [1.807, 2.05) is 60.7 Å². The minimum atomic E-state index is -0.458. The van der Waals surface area contributed by atoms with Gasteiger partial charge in [0.25, 0.3) is 5.91 Å². The number of hydrogen-bond acceptors (Lipinski definition) is 4. The van der Waals surface area contributed by atoms with Crippen molar-refractivity contribution in [2.24, 2.45) is 0 Å². The number of halogens is 1. The summed E-state index contributed by atoms with van der Waals surface area (Å²) in [6.07, 6.45) is 4.05. The van der Waals surface area contributed by atoms with E-state index in [9.17, 15) is 10.1 Å². The molecule has 26 heavy (non-hydrogen) atoms. The Morgan fingerprint density at radius 2 is 1.92 bits per heavy atom. The highest BCUT2D eigenvalue weighted by atomic mass is 79.9. The molecule has 0 bridgehead atoms. The molecule has 0 unspecified atom stereocenters. The van der Waals surface area contributed by atoms with Crippen molar-refractivity contribution >= 4 is 44.4 Å². The number of carbonyl (C=O) groups excluding carboxylic acids is 1. The lowest BCUT2D eigenvalue weighted by molar-refractivity contribution is -0.112. The van der Waals surface area contributed by atoms with Crippen LogP contribution in [0.25, 0.3) is 6.08 Å². The number of nitrogens with one attached hydrogen (secondary N) is 1. The van der Waals surface area contributed by atoms with Gasteiger partial charge in [0.05, 0.1) is 0 Å². The molecule has 3 aromatic rings. The van der Waals surface area contributed by atoms with Gasteiger partial charge in [-0.15, -0.1) is 11.3 Å². The highest BCUT2D eigenvalue weighted by molar-refractivity contribution is 9.10. The quantitative estimate of drug-likeness (QED) is 0.461. The summed E-state index contributed by atoms with van der Waals surface area (Å²) in [6.45, 7) is 0. The second-order valence-electron chi connectivity index (χ2n) is 5.47. The Labute approximate surface area is 164 Å². The Bertz CT molecular complexity index is 972. The van der Waals surface area contributed by atoms with Gasteiger partial charge < -0.3 is 0 Å². The number of anilines is 1. The second-order valence-corrected chi connectivity index (χ2v) is 7.50. The lowest BCUT2D eigenvalue weighted by Gasteiger charge is -2.00. The fourth-order valence-electron chi connectivity index (χ4n) is 2.28. The molecule has 0 aliphatic carbocycles. The van der Waals surface area contributed by atoms with Crippen molar-refractivity contribution in [3.05, 3.63) is 86.8 Å². The maximum atomic E-state index is 12.3. The third kappa shape index (κ3) is 4.88. The van der Waals surface area contributed by atoms with E-state index in [0.29, 0.717) is 5.13 Å². The third-order valence-corrected chi connectivity index (χ3v) is 4.98. The van der Waals surface area contributed by atoms with E-state index in [1.54, 1.807) is 12.3 Å². The molecule has 0 saturated heterocycles. The summed E-state index contributed by atoms with van der Waals surface area (Å²) in [5.41, 5.74) is 2.01. The van der Waals surface area contributed by atoms with Crippen molar-refractivity contribution < 1.29 is 4.79 Å². The maximum absolute atomic E-state index is 12.3. The minimum absolute atomic E-state index is 0.0425. The average molecular weight is 424 g/mol. The normalized spacial score (nSPS) is 11.0. The molecule has 0 spiro atoms. The highest BCUT2D eigenvalue weighted by Crippen LogP contribution is 2.22. The van der Waals surface area contributed by atoms with Crippen molar-refractivity contribution in [1.82, 2.24) is 4.98 Å². The Balaban J connectivity index is 1.68. The van der Waals surface area contributed by atoms with E-state index in [-0.39, 0.29) is 5.57 Å². The summed E-state index contributed by atoms with van der Waals surface area (Å²) >= 11 is 4.82. The molecule has 3 rings (SSSR count). The van der Waals surface area contributed by atoms with Gasteiger partial charge in [0.2, 0.25) is 0 Å². The third-order valence-electron chi connectivity index (χ3n) is 3.54. The standard InChI is InChI=1S/C20H14BrN3OS/c21-17-8-6-15(7-9-17)11-18-13-23-20(26-18)24-19(25)16(12-22)10-14-4-2-1-3-5-14/h1-10,13H,11H2,(H,23,24,25). The largest absolute Gasteiger partial charge is 0.297 e. The number of amides is 1. The first-order chi connectivity index (χ1) is 12.6. The van der Waals surface area contributed by atoms with Crippen molar-refractivity contribution in [3.63, 3.8) is 0 Å². The highest BCUT2D eigenvalue weighted by Gasteiger charge is 2.12. The van der Waals surface area contributed by atoms with Gasteiger partial charge in [-0.2, -0.15) is 5.26 Å². The molecule has 0 aliphatic heterocycles. The van der Waals surface area contributed by atoms with E-state index in [1.165, 1.54) is 11.3 Å². The molecule has 2 aromatic carbocycles. The first kappa shape index (κ1) is 18.1. The zero-order chi connectivity index (χ0) is 18.4. The molecule has 128 valence electrons. The van der Waals surface area contributed by atoms with E-state index in [0.717, 1.165) is 26.9 Å². The molecule has 1 aromatic heterocycles. The van der Waals surface area contributed by atoms with Crippen LogP contribution in [0.4, 0.5) is 5.13 Å². The Morgan fingerprint density at radius 3 is 2.62 bits per heavy atom. The summed E-state index contributed by atoms with van der Waals surface area (Å²) in [7, 11) is 0. The topological polar surface area (TPSA) is 65.8 Å². The Kier molecular flexibility index (Phi) is 5.95. The van der Waals surface area contributed by atoms with Crippen LogP contribution in [-0.4, -0.2) is 10.9 Å². The van der Waals surface area contributed by atoms with Gasteiger partial charge in [-0.05, 0) is 29.3 Å². The lowest BCUT2D eigenvalue weighted by Crippen LogP contribution is -2.13. The van der Waals surface area contributed by atoms with Gasteiger partial charge in [-0.1, -0.05) is 58.4 Å². The number of nitriles is 1. The number of rotatable bonds is 5. The van der Waals surface area contributed by atoms with Gasteiger partial charge in [0.1, 0.15) is 11.6 Å². The summed E-state index contributed by atoms with van der Waals surface area (Å²) in [4.78, 5) is 17.6. The summed E-state index contributed by atoms with van der Waals surface area (Å²) < 4.78 is 1.03. The maximum Gasteiger partial charge on any atom is 0.268 e. The zero-order valence-electron chi connectivity index (χ0n) is 13.6. The monoisotopic (exact) mass is 423 g/mol. The number of aromatic nitrogens is 1. The van der Waals surface area contributed by atoms with Crippen molar-refractivity contribution in [2.45, 2.75) is 6.42 Å². The lowest BCUT2D eigenvalue weighted by atomic mass is 10.1. The van der Waals surface area contributed by atoms with E-state index in [4.69, 9.17) is 0 Å². The number of carbonyl (C=O) groups is 1. The molecule has 6 heteroatoms. The Morgan fingerprint density at radius 1 is 1.19 bits per heavy atom. The zero-order valence-corrected chi connectivity index (χ0v) is 16.0. The molecule has 4 nitrogen and oxygen atoms in total. The SMILES string of the molecule is N#CC(=Cc1ccccc1)C(=O)Nc1ncc(Cc2ccc(Br)cc2)s1. The molecule has 0 fully saturated rings. The molecule has 0 atom stereocenters. The average Bonchev–Trinajstić information content (AvgIpc) is 3.09. The second kappa shape index (κ2) is 8.56. The van der Waals surface area contributed by atoms with Crippen LogP contribution < -0.4 is 5.32 Å². The molecule has 0 saturated carbocycles. The van der Waals surface area contributed by atoms with Gasteiger partial charge in [0.15, 0.2) is 5.13 Å².